The van der Waals surface area contributed by atoms with Gasteiger partial charge < -0.3 is 10.1 Å². The van der Waals surface area contributed by atoms with Crippen LogP contribution in [-0.4, -0.2) is 24.8 Å². The number of benzene rings is 2. The molecule has 0 fully saturated rings. The molecule has 0 aliphatic rings. The van der Waals surface area contributed by atoms with Gasteiger partial charge in [0.1, 0.15) is 5.75 Å². The second kappa shape index (κ2) is 9.23. The number of nitriles is 1. The van der Waals surface area contributed by atoms with Gasteiger partial charge in [0, 0.05) is 21.7 Å². The summed E-state index contributed by atoms with van der Waals surface area (Å²) < 4.78 is 6.41. The van der Waals surface area contributed by atoms with Crippen LogP contribution < -0.4 is 10.1 Å². The van der Waals surface area contributed by atoms with Crippen molar-refractivity contribution >= 4 is 33.6 Å². The Labute approximate surface area is 148 Å². The average Bonchev–Trinajstić information content (AvgIpc) is 2.58. The van der Waals surface area contributed by atoms with Crippen molar-refractivity contribution in [2.45, 2.75) is 4.90 Å². The first-order chi connectivity index (χ1) is 11.2. The highest BCUT2D eigenvalue weighted by Gasteiger charge is 2.03. The number of carbonyl (C=O) groups is 1. The summed E-state index contributed by atoms with van der Waals surface area (Å²) in [6.07, 6.45) is 0. The first-order valence-electron chi connectivity index (χ1n) is 6.95. The molecule has 0 spiro atoms. The predicted molar refractivity (Wildman–Crippen MR) is 94.5 cm³/mol. The van der Waals surface area contributed by atoms with E-state index in [0.29, 0.717) is 17.9 Å². The van der Waals surface area contributed by atoms with Crippen LogP contribution in [0.4, 0.5) is 0 Å². The molecule has 23 heavy (non-hydrogen) atoms. The molecule has 1 N–H and O–H groups in total. The molecule has 0 saturated heterocycles. The third-order valence-electron chi connectivity index (χ3n) is 2.84. The van der Waals surface area contributed by atoms with Gasteiger partial charge >= 0.3 is 0 Å². The van der Waals surface area contributed by atoms with Gasteiger partial charge in [0.25, 0.3) is 5.91 Å². The number of nitrogens with zero attached hydrogens (tertiary/aromatic N) is 1. The second-order valence-corrected chi connectivity index (χ2v) is 6.66. The van der Waals surface area contributed by atoms with E-state index in [1.165, 1.54) is 0 Å². The first-order valence-corrected chi connectivity index (χ1v) is 8.73. The van der Waals surface area contributed by atoms with E-state index in [0.717, 1.165) is 15.1 Å². The number of halogens is 1. The lowest BCUT2D eigenvalue weighted by atomic mass is 10.2. The van der Waals surface area contributed by atoms with Crippen LogP contribution in [0.5, 0.6) is 5.75 Å². The second-order valence-electron chi connectivity index (χ2n) is 4.58. The number of ether oxygens (including phenoxy) is 1. The zero-order chi connectivity index (χ0) is 16.5. The Bertz CT molecular complexity index is 698. The summed E-state index contributed by atoms with van der Waals surface area (Å²) in [5, 5.41) is 11.6. The molecule has 0 aliphatic heterocycles. The van der Waals surface area contributed by atoms with Crippen LogP contribution >= 0.6 is 27.7 Å². The molecule has 0 atom stereocenters. The molecular weight excluding hydrogens is 376 g/mol. The van der Waals surface area contributed by atoms with E-state index in [-0.39, 0.29) is 12.5 Å². The third-order valence-corrected chi connectivity index (χ3v) is 4.38. The van der Waals surface area contributed by atoms with E-state index in [4.69, 9.17) is 10.00 Å². The van der Waals surface area contributed by atoms with Gasteiger partial charge in [-0.2, -0.15) is 5.26 Å². The van der Waals surface area contributed by atoms with E-state index in [1.807, 2.05) is 30.3 Å². The molecule has 2 rings (SSSR count). The molecule has 0 heterocycles. The molecule has 6 heteroatoms. The highest BCUT2D eigenvalue weighted by Crippen LogP contribution is 2.19. The standard InChI is InChI=1S/C17H15BrN2O2S/c18-14-4-6-16(7-5-14)23-9-8-20-17(21)12-22-15-3-1-2-13(10-15)11-19/h1-7,10H,8-9,12H2,(H,20,21). The molecular formula is C17H15BrN2O2S. The van der Waals surface area contributed by atoms with Gasteiger partial charge in [0.05, 0.1) is 11.6 Å². The van der Waals surface area contributed by atoms with Crippen molar-refractivity contribution in [2.75, 3.05) is 18.9 Å². The number of hydrogen-bond donors (Lipinski definition) is 1. The Morgan fingerprint density at radius 3 is 2.78 bits per heavy atom. The number of amides is 1. The third kappa shape index (κ3) is 6.35. The maximum atomic E-state index is 11.7. The molecule has 2 aromatic rings. The molecule has 0 bridgehead atoms. The number of hydrogen-bond acceptors (Lipinski definition) is 4. The lowest BCUT2D eigenvalue weighted by Gasteiger charge is -2.07. The SMILES string of the molecule is N#Cc1cccc(OCC(=O)NCCSc2ccc(Br)cc2)c1. The van der Waals surface area contributed by atoms with Gasteiger partial charge in [-0.3, -0.25) is 4.79 Å². The van der Waals surface area contributed by atoms with Crippen molar-refractivity contribution in [3.63, 3.8) is 0 Å². The quantitative estimate of drug-likeness (QED) is 0.579. The van der Waals surface area contributed by atoms with Gasteiger partial charge in [-0.15, -0.1) is 11.8 Å². The Balaban J connectivity index is 1.65. The zero-order valence-corrected chi connectivity index (χ0v) is 14.7. The normalized spacial score (nSPS) is 9.91. The Hall–Kier alpha value is -1.97. The van der Waals surface area contributed by atoms with Crippen molar-refractivity contribution in [1.29, 1.82) is 5.26 Å². The Morgan fingerprint density at radius 1 is 1.26 bits per heavy atom. The van der Waals surface area contributed by atoms with Crippen LogP contribution in [0.15, 0.2) is 57.9 Å². The smallest absolute Gasteiger partial charge is 0.257 e. The summed E-state index contributed by atoms with van der Waals surface area (Å²) in [5.74, 6) is 1.13. The topological polar surface area (TPSA) is 62.1 Å². The molecule has 0 unspecified atom stereocenters. The van der Waals surface area contributed by atoms with Crippen molar-refractivity contribution in [3.05, 3.63) is 58.6 Å². The number of thioether (sulfide) groups is 1. The summed E-state index contributed by atoms with van der Waals surface area (Å²) in [4.78, 5) is 12.9. The lowest BCUT2D eigenvalue weighted by Crippen LogP contribution is -2.30. The minimum absolute atomic E-state index is 0.0577. The van der Waals surface area contributed by atoms with E-state index in [9.17, 15) is 4.79 Å². The van der Waals surface area contributed by atoms with E-state index >= 15 is 0 Å². The average molecular weight is 391 g/mol. The van der Waals surface area contributed by atoms with E-state index in [2.05, 4.69) is 21.2 Å². The van der Waals surface area contributed by atoms with Gasteiger partial charge in [0.2, 0.25) is 0 Å². The minimum Gasteiger partial charge on any atom is -0.484 e. The van der Waals surface area contributed by atoms with Crippen molar-refractivity contribution in [1.82, 2.24) is 5.32 Å². The van der Waals surface area contributed by atoms with Crippen molar-refractivity contribution < 1.29 is 9.53 Å². The van der Waals surface area contributed by atoms with Crippen LogP contribution in [0.1, 0.15) is 5.56 Å². The number of nitrogens with one attached hydrogen (secondary N) is 1. The lowest BCUT2D eigenvalue weighted by molar-refractivity contribution is -0.122. The fourth-order valence-electron chi connectivity index (χ4n) is 1.75. The molecule has 4 nitrogen and oxygen atoms in total. The van der Waals surface area contributed by atoms with Crippen molar-refractivity contribution in [3.8, 4) is 11.8 Å². The largest absolute Gasteiger partial charge is 0.484 e. The first kappa shape index (κ1) is 17.4. The minimum atomic E-state index is -0.177. The van der Waals surface area contributed by atoms with Gasteiger partial charge in [-0.25, -0.2) is 0 Å². The summed E-state index contributed by atoms with van der Waals surface area (Å²) in [6.45, 7) is 0.513. The van der Waals surface area contributed by atoms with Gasteiger partial charge in [-0.1, -0.05) is 22.0 Å². The molecule has 118 valence electrons. The zero-order valence-electron chi connectivity index (χ0n) is 12.3. The van der Waals surface area contributed by atoms with E-state index < -0.39 is 0 Å². The predicted octanol–water partition coefficient (Wildman–Crippen LogP) is 3.61. The fourth-order valence-corrected chi connectivity index (χ4v) is 2.78. The van der Waals surface area contributed by atoms with Crippen molar-refractivity contribution in [2.24, 2.45) is 0 Å². The van der Waals surface area contributed by atoms with Gasteiger partial charge in [0.15, 0.2) is 6.61 Å². The fraction of sp³-hybridized carbons (Fsp3) is 0.176. The number of carbonyl (C=O) groups excluding carboxylic acids is 1. The van der Waals surface area contributed by atoms with Crippen LogP contribution in [0.3, 0.4) is 0 Å². The highest BCUT2D eigenvalue weighted by molar-refractivity contribution is 9.10. The Kier molecular flexibility index (Phi) is 6.98. The molecule has 0 aromatic heterocycles. The maximum absolute atomic E-state index is 11.7. The maximum Gasteiger partial charge on any atom is 0.257 e. The molecule has 0 radical (unpaired) electrons. The van der Waals surface area contributed by atoms with Crippen LogP contribution in [0.25, 0.3) is 0 Å². The monoisotopic (exact) mass is 390 g/mol. The Morgan fingerprint density at radius 2 is 2.04 bits per heavy atom. The number of rotatable bonds is 7. The van der Waals surface area contributed by atoms with Crippen LogP contribution in [0, 0.1) is 11.3 Å². The summed E-state index contributed by atoms with van der Waals surface area (Å²) in [7, 11) is 0. The highest BCUT2D eigenvalue weighted by atomic mass is 79.9. The summed E-state index contributed by atoms with van der Waals surface area (Å²) >= 11 is 5.07. The molecule has 1 amide bonds. The summed E-state index contributed by atoms with van der Waals surface area (Å²) in [6, 6.07) is 16.8. The van der Waals surface area contributed by atoms with Crippen LogP contribution in [0.2, 0.25) is 0 Å². The van der Waals surface area contributed by atoms with Crippen LogP contribution in [-0.2, 0) is 4.79 Å². The van der Waals surface area contributed by atoms with Gasteiger partial charge in [-0.05, 0) is 42.5 Å². The molecule has 0 saturated carbocycles. The molecule has 0 aliphatic carbocycles. The summed E-state index contributed by atoms with van der Waals surface area (Å²) in [5.41, 5.74) is 0.508. The van der Waals surface area contributed by atoms with E-state index in [1.54, 1.807) is 36.0 Å². The molecule has 2 aromatic carbocycles.